The molecule has 1 aliphatic rings. The van der Waals surface area contributed by atoms with E-state index in [4.69, 9.17) is 14.7 Å². The van der Waals surface area contributed by atoms with E-state index in [1.807, 2.05) is 60.7 Å². The Hall–Kier alpha value is -3.26. The second-order valence-corrected chi connectivity index (χ2v) is 6.00. The standard InChI is InChI=1S/C21H20N2O3/c22-15-17(21(24)23-18-8-9-18)14-16-6-10-20(11-7-16)26-13-12-25-19-4-2-1-3-5-19/h1-7,10-11,14,18H,8-9,12-13H2,(H,23,24)/b17-14+. The van der Waals surface area contributed by atoms with E-state index >= 15 is 0 Å². The Bertz CT molecular complexity index is 803. The lowest BCUT2D eigenvalue weighted by Crippen LogP contribution is -2.26. The number of carbonyl (C=O) groups excluding carboxylic acids is 1. The van der Waals surface area contributed by atoms with Crippen LogP contribution in [0.4, 0.5) is 0 Å². The zero-order valence-electron chi connectivity index (χ0n) is 14.4. The maximum Gasteiger partial charge on any atom is 0.262 e. The second kappa shape index (κ2) is 8.72. The molecule has 0 aromatic heterocycles. The smallest absolute Gasteiger partial charge is 0.262 e. The summed E-state index contributed by atoms with van der Waals surface area (Å²) in [6.07, 6.45) is 3.56. The van der Waals surface area contributed by atoms with Gasteiger partial charge in [0.05, 0.1) is 0 Å². The summed E-state index contributed by atoms with van der Waals surface area (Å²) in [5.74, 6) is 1.21. The first-order valence-electron chi connectivity index (χ1n) is 8.58. The van der Waals surface area contributed by atoms with E-state index in [-0.39, 0.29) is 17.5 Å². The fourth-order valence-corrected chi connectivity index (χ4v) is 2.30. The van der Waals surface area contributed by atoms with Gasteiger partial charge < -0.3 is 14.8 Å². The van der Waals surface area contributed by atoms with E-state index in [2.05, 4.69) is 5.32 Å². The van der Waals surface area contributed by atoms with Crippen molar-refractivity contribution >= 4 is 12.0 Å². The number of hydrogen-bond donors (Lipinski definition) is 1. The Morgan fingerprint density at radius 2 is 1.65 bits per heavy atom. The summed E-state index contributed by atoms with van der Waals surface area (Å²) >= 11 is 0. The molecule has 132 valence electrons. The van der Waals surface area contributed by atoms with E-state index in [1.165, 1.54) is 0 Å². The molecule has 1 amide bonds. The number of benzene rings is 2. The van der Waals surface area contributed by atoms with Crippen molar-refractivity contribution in [1.82, 2.24) is 5.32 Å². The predicted octanol–water partition coefficient (Wildman–Crippen LogP) is 3.33. The molecule has 0 radical (unpaired) electrons. The van der Waals surface area contributed by atoms with Crippen LogP contribution in [0.1, 0.15) is 18.4 Å². The Balaban J connectivity index is 1.48. The van der Waals surface area contributed by atoms with E-state index in [9.17, 15) is 4.79 Å². The van der Waals surface area contributed by atoms with Crippen LogP contribution in [0.2, 0.25) is 0 Å². The van der Waals surface area contributed by atoms with Gasteiger partial charge in [-0.15, -0.1) is 0 Å². The van der Waals surface area contributed by atoms with Gasteiger partial charge in [-0.2, -0.15) is 5.26 Å². The summed E-state index contributed by atoms with van der Waals surface area (Å²) in [4.78, 5) is 11.9. The van der Waals surface area contributed by atoms with Crippen molar-refractivity contribution in [3.05, 3.63) is 65.7 Å². The maximum absolute atomic E-state index is 11.9. The molecule has 1 N–H and O–H groups in total. The number of para-hydroxylation sites is 1. The molecular formula is C21H20N2O3. The largest absolute Gasteiger partial charge is 0.490 e. The lowest BCUT2D eigenvalue weighted by molar-refractivity contribution is -0.117. The van der Waals surface area contributed by atoms with Crippen LogP contribution in [0.15, 0.2) is 60.2 Å². The summed E-state index contributed by atoms with van der Waals surface area (Å²) in [6, 6.07) is 19.0. The number of nitrogens with one attached hydrogen (secondary N) is 1. The molecule has 1 aliphatic carbocycles. The molecule has 0 bridgehead atoms. The highest BCUT2D eigenvalue weighted by Gasteiger charge is 2.24. The van der Waals surface area contributed by atoms with Gasteiger partial charge >= 0.3 is 0 Å². The van der Waals surface area contributed by atoms with Crippen molar-refractivity contribution in [2.75, 3.05) is 13.2 Å². The average molecular weight is 348 g/mol. The zero-order valence-corrected chi connectivity index (χ0v) is 14.4. The minimum absolute atomic E-state index is 0.113. The van der Waals surface area contributed by atoms with Gasteiger partial charge in [0.15, 0.2) is 0 Å². The number of nitriles is 1. The SMILES string of the molecule is N#C/C(=C\c1ccc(OCCOc2ccccc2)cc1)C(=O)NC1CC1. The molecule has 0 spiro atoms. The van der Waals surface area contributed by atoms with Crippen LogP contribution in [0.5, 0.6) is 11.5 Å². The first-order valence-corrected chi connectivity index (χ1v) is 8.58. The monoisotopic (exact) mass is 348 g/mol. The molecule has 2 aromatic carbocycles. The molecular weight excluding hydrogens is 328 g/mol. The fourth-order valence-electron chi connectivity index (χ4n) is 2.30. The van der Waals surface area contributed by atoms with Crippen molar-refractivity contribution in [3.8, 4) is 17.6 Å². The van der Waals surface area contributed by atoms with Crippen molar-refractivity contribution in [1.29, 1.82) is 5.26 Å². The number of rotatable bonds is 8. The summed E-state index contributed by atoms with van der Waals surface area (Å²) in [5, 5.41) is 12.0. The second-order valence-electron chi connectivity index (χ2n) is 6.00. The maximum atomic E-state index is 11.9. The molecule has 0 aliphatic heterocycles. The van der Waals surface area contributed by atoms with Crippen LogP contribution in [0.3, 0.4) is 0 Å². The van der Waals surface area contributed by atoms with Crippen LogP contribution in [0.25, 0.3) is 6.08 Å². The van der Waals surface area contributed by atoms with Crippen molar-refractivity contribution < 1.29 is 14.3 Å². The molecule has 5 heteroatoms. The van der Waals surface area contributed by atoms with Gasteiger partial charge in [0, 0.05) is 6.04 Å². The summed E-state index contributed by atoms with van der Waals surface area (Å²) in [5.41, 5.74) is 0.891. The van der Waals surface area contributed by atoms with Crippen LogP contribution in [-0.2, 0) is 4.79 Å². The highest BCUT2D eigenvalue weighted by Crippen LogP contribution is 2.20. The first-order chi connectivity index (χ1) is 12.7. The van der Waals surface area contributed by atoms with Gasteiger partial charge in [-0.1, -0.05) is 30.3 Å². The lowest BCUT2D eigenvalue weighted by atomic mass is 10.1. The van der Waals surface area contributed by atoms with Gasteiger partial charge in [0.2, 0.25) is 0 Å². The van der Waals surface area contributed by atoms with Gasteiger partial charge in [-0.05, 0) is 48.7 Å². The first kappa shape index (κ1) is 17.6. The predicted molar refractivity (Wildman–Crippen MR) is 98.6 cm³/mol. The van der Waals surface area contributed by atoms with Crippen molar-refractivity contribution in [3.63, 3.8) is 0 Å². The minimum Gasteiger partial charge on any atom is -0.490 e. The van der Waals surface area contributed by atoms with Crippen molar-refractivity contribution in [2.24, 2.45) is 0 Å². The quantitative estimate of drug-likeness (QED) is 0.451. The van der Waals surface area contributed by atoms with Crippen LogP contribution in [-0.4, -0.2) is 25.2 Å². The molecule has 1 saturated carbocycles. The topological polar surface area (TPSA) is 71.3 Å². The summed E-state index contributed by atoms with van der Waals surface area (Å²) in [7, 11) is 0. The number of ether oxygens (including phenoxy) is 2. The summed E-state index contributed by atoms with van der Waals surface area (Å²) < 4.78 is 11.2. The average Bonchev–Trinajstić information content (AvgIpc) is 3.49. The number of nitrogens with zero attached hydrogens (tertiary/aromatic N) is 1. The van der Waals surface area contributed by atoms with Crippen LogP contribution in [0, 0.1) is 11.3 Å². The third-order valence-corrected chi connectivity index (χ3v) is 3.83. The molecule has 26 heavy (non-hydrogen) atoms. The summed E-state index contributed by atoms with van der Waals surface area (Å²) in [6.45, 7) is 0.878. The Kier molecular flexibility index (Phi) is 5.89. The zero-order chi connectivity index (χ0) is 18.2. The normalized spacial score (nSPS) is 13.6. The number of amides is 1. The van der Waals surface area contributed by atoms with E-state index in [0.717, 1.165) is 24.2 Å². The Morgan fingerprint density at radius 3 is 2.23 bits per heavy atom. The van der Waals surface area contributed by atoms with Gasteiger partial charge in [0.25, 0.3) is 5.91 Å². The number of carbonyl (C=O) groups is 1. The van der Waals surface area contributed by atoms with Gasteiger partial charge in [0.1, 0.15) is 36.4 Å². The van der Waals surface area contributed by atoms with E-state index in [0.29, 0.717) is 19.0 Å². The highest BCUT2D eigenvalue weighted by molar-refractivity contribution is 6.01. The van der Waals surface area contributed by atoms with E-state index < -0.39 is 0 Å². The molecule has 0 heterocycles. The molecule has 3 rings (SSSR count). The molecule has 5 nitrogen and oxygen atoms in total. The van der Waals surface area contributed by atoms with Crippen LogP contribution < -0.4 is 14.8 Å². The van der Waals surface area contributed by atoms with Crippen molar-refractivity contribution in [2.45, 2.75) is 18.9 Å². The molecule has 1 fully saturated rings. The molecule has 0 unspecified atom stereocenters. The third-order valence-electron chi connectivity index (χ3n) is 3.83. The third kappa shape index (κ3) is 5.38. The Morgan fingerprint density at radius 1 is 1.04 bits per heavy atom. The van der Waals surface area contributed by atoms with E-state index in [1.54, 1.807) is 6.08 Å². The Labute approximate surface area is 152 Å². The van der Waals surface area contributed by atoms with Gasteiger partial charge in [-0.25, -0.2) is 0 Å². The van der Waals surface area contributed by atoms with Gasteiger partial charge in [-0.3, -0.25) is 4.79 Å². The fraction of sp³-hybridized carbons (Fsp3) is 0.238. The molecule has 0 atom stereocenters. The molecule has 2 aromatic rings. The molecule has 0 saturated heterocycles. The minimum atomic E-state index is -0.312. The number of hydrogen-bond acceptors (Lipinski definition) is 4. The highest BCUT2D eigenvalue weighted by atomic mass is 16.5. The lowest BCUT2D eigenvalue weighted by Gasteiger charge is -2.08. The van der Waals surface area contributed by atoms with Crippen LogP contribution >= 0.6 is 0 Å².